The number of benzene rings is 1. The summed E-state index contributed by atoms with van der Waals surface area (Å²) in [5.74, 6) is 1.71. The summed E-state index contributed by atoms with van der Waals surface area (Å²) in [5, 5.41) is 0. The number of hydrogen-bond acceptors (Lipinski definition) is 3. The van der Waals surface area contributed by atoms with Gasteiger partial charge in [0, 0.05) is 0 Å². The summed E-state index contributed by atoms with van der Waals surface area (Å²) < 4.78 is 38.7. The number of rotatable bonds is 5. The second-order valence-corrected chi connectivity index (χ2v) is 13.3. The fraction of sp³-hybridized carbons (Fsp3) is 0.800. The third kappa shape index (κ3) is 6.41. The second kappa shape index (κ2) is 12.8. The standard InChI is InChI=1S/C30H46O3S.Na/c31-34(32,33)27-21-26(22-13-5-1-6-14-22)28(23-15-7-2-8-16-23)30(25-19-11-4-12-20-25)29(27)24-17-9-3-10-18-24;/h21-25H,1-20H2,(H,31,32,33);/q;+1/p-1. The van der Waals surface area contributed by atoms with Crippen LogP contribution >= 0.6 is 0 Å². The van der Waals surface area contributed by atoms with E-state index in [1.807, 2.05) is 6.07 Å². The summed E-state index contributed by atoms with van der Waals surface area (Å²) in [4.78, 5) is 0.195. The van der Waals surface area contributed by atoms with Gasteiger partial charge in [0.05, 0.1) is 4.90 Å². The zero-order chi connectivity index (χ0) is 23.5. The Hall–Kier alpha value is 0.130. The molecule has 3 nitrogen and oxygen atoms in total. The molecule has 0 amide bonds. The summed E-state index contributed by atoms with van der Waals surface area (Å²) in [7, 11) is -4.50. The molecule has 4 fully saturated rings. The zero-order valence-electron chi connectivity index (χ0n) is 22.2. The van der Waals surface area contributed by atoms with Crippen LogP contribution in [0.1, 0.15) is 174 Å². The monoisotopic (exact) mass is 508 g/mol. The molecule has 4 aliphatic rings. The van der Waals surface area contributed by atoms with Gasteiger partial charge in [0.25, 0.3) is 0 Å². The van der Waals surface area contributed by atoms with E-state index in [1.165, 1.54) is 101 Å². The van der Waals surface area contributed by atoms with Gasteiger partial charge in [0.2, 0.25) is 0 Å². The van der Waals surface area contributed by atoms with Crippen molar-refractivity contribution in [2.24, 2.45) is 0 Å². The Morgan fingerprint density at radius 1 is 0.514 bits per heavy atom. The molecule has 1 aromatic carbocycles. The van der Waals surface area contributed by atoms with Crippen molar-refractivity contribution >= 4 is 10.1 Å². The Balaban J connectivity index is 0.00000289. The van der Waals surface area contributed by atoms with Crippen molar-refractivity contribution < 1.29 is 42.5 Å². The first-order valence-electron chi connectivity index (χ1n) is 14.7. The maximum absolute atomic E-state index is 12.9. The topological polar surface area (TPSA) is 57.2 Å². The quantitative estimate of drug-likeness (QED) is 0.374. The van der Waals surface area contributed by atoms with Gasteiger partial charge in [0.1, 0.15) is 10.1 Å². The molecule has 190 valence electrons. The van der Waals surface area contributed by atoms with Gasteiger partial charge < -0.3 is 4.55 Å². The molecule has 5 rings (SSSR count). The van der Waals surface area contributed by atoms with E-state index in [9.17, 15) is 13.0 Å². The molecule has 35 heavy (non-hydrogen) atoms. The Bertz CT molecular complexity index is 933. The van der Waals surface area contributed by atoms with Crippen LogP contribution in [0.15, 0.2) is 11.0 Å². The Morgan fingerprint density at radius 2 is 0.857 bits per heavy atom. The molecule has 4 saturated carbocycles. The van der Waals surface area contributed by atoms with Gasteiger partial charge in [-0.25, -0.2) is 8.42 Å². The van der Waals surface area contributed by atoms with Gasteiger partial charge >= 0.3 is 29.6 Å². The largest absolute Gasteiger partial charge is 1.00 e. The van der Waals surface area contributed by atoms with Gasteiger partial charge in [-0.05, 0) is 103 Å². The maximum Gasteiger partial charge on any atom is 1.00 e. The van der Waals surface area contributed by atoms with E-state index in [2.05, 4.69) is 0 Å². The van der Waals surface area contributed by atoms with E-state index in [-0.39, 0.29) is 40.4 Å². The molecule has 0 aliphatic heterocycles. The maximum atomic E-state index is 12.9. The average Bonchev–Trinajstić information content (AvgIpc) is 2.89. The first kappa shape index (κ1) is 28.1. The van der Waals surface area contributed by atoms with Crippen molar-refractivity contribution in [3.8, 4) is 0 Å². The van der Waals surface area contributed by atoms with Crippen molar-refractivity contribution in [2.75, 3.05) is 0 Å². The van der Waals surface area contributed by atoms with Crippen LogP contribution in [0.25, 0.3) is 0 Å². The first-order valence-corrected chi connectivity index (χ1v) is 16.1. The van der Waals surface area contributed by atoms with E-state index >= 15 is 0 Å². The van der Waals surface area contributed by atoms with Crippen LogP contribution in [0.5, 0.6) is 0 Å². The fourth-order valence-corrected chi connectivity index (χ4v) is 9.00. The van der Waals surface area contributed by atoms with Crippen LogP contribution in [0.4, 0.5) is 0 Å². The molecular weight excluding hydrogens is 463 g/mol. The van der Waals surface area contributed by atoms with Crippen LogP contribution in [0, 0.1) is 0 Å². The van der Waals surface area contributed by atoms with Crippen LogP contribution in [-0.4, -0.2) is 13.0 Å². The molecule has 1 aromatic rings. The predicted octanol–water partition coefficient (Wildman–Crippen LogP) is 5.79. The van der Waals surface area contributed by atoms with Crippen molar-refractivity contribution in [2.45, 2.75) is 157 Å². The molecule has 0 spiro atoms. The third-order valence-electron chi connectivity index (χ3n) is 9.80. The minimum atomic E-state index is -4.50. The predicted molar refractivity (Wildman–Crippen MR) is 138 cm³/mol. The van der Waals surface area contributed by atoms with Crippen molar-refractivity contribution in [1.82, 2.24) is 0 Å². The van der Waals surface area contributed by atoms with Crippen LogP contribution in [-0.2, 0) is 10.1 Å². The summed E-state index contributed by atoms with van der Waals surface area (Å²) in [6, 6.07) is 1.96. The molecule has 0 heterocycles. The van der Waals surface area contributed by atoms with E-state index in [0.29, 0.717) is 17.8 Å². The molecule has 0 unspecified atom stereocenters. The van der Waals surface area contributed by atoms with E-state index < -0.39 is 10.1 Å². The molecule has 0 aromatic heterocycles. The molecule has 0 radical (unpaired) electrons. The minimum Gasteiger partial charge on any atom is -0.744 e. The summed E-state index contributed by atoms with van der Waals surface area (Å²) in [6.45, 7) is 0. The summed E-state index contributed by atoms with van der Waals surface area (Å²) in [6.07, 6.45) is 24.3. The van der Waals surface area contributed by atoms with Crippen LogP contribution < -0.4 is 29.6 Å². The van der Waals surface area contributed by atoms with Crippen LogP contribution in [0.2, 0.25) is 0 Å². The van der Waals surface area contributed by atoms with Gasteiger partial charge in [0.15, 0.2) is 0 Å². The molecule has 0 saturated heterocycles. The molecule has 0 atom stereocenters. The van der Waals surface area contributed by atoms with E-state index in [1.54, 1.807) is 5.56 Å². The Kier molecular flexibility index (Phi) is 10.3. The normalized spacial score (nSPS) is 24.3. The number of hydrogen-bond donors (Lipinski definition) is 0. The van der Waals surface area contributed by atoms with Crippen molar-refractivity contribution in [1.29, 1.82) is 0 Å². The van der Waals surface area contributed by atoms with Gasteiger partial charge in [-0.3, -0.25) is 0 Å². The van der Waals surface area contributed by atoms with Gasteiger partial charge in [-0.15, -0.1) is 0 Å². The van der Waals surface area contributed by atoms with Gasteiger partial charge in [-0.2, -0.15) is 0 Å². The van der Waals surface area contributed by atoms with Crippen LogP contribution in [0.3, 0.4) is 0 Å². The van der Waals surface area contributed by atoms with Crippen molar-refractivity contribution in [3.63, 3.8) is 0 Å². The van der Waals surface area contributed by atoms with E-state index in [4.69, 9.17) is 0 Å². The molecule has 4 aliphatic carbocycles. The average molecular weight is 509 g/mol. The molecule has 5 heteroatoms. The van der Waals surface area contributed by atoms with Crippen molar-refractivity contribution in [3.05, 3.63) is 28.3 Å². The van der Waals surface area contributed by atoms with Gasteiger partial charge in [-0.1, -0.05) is 77.0 Å². The smallest absolute Gasteiger partial charge is 0.744 e. The first-order chi connectivity index (χ1) is 16.5. The Morgan fingerprint density at radius 3 is 1.26 bits per heavy atom. The summed E-state index contributed by atoms with van der Waals surface area (Å²) in [5.41, 5.74) is 5.27. The fourth-order valence-electron chi connectivity index (χ4n) is 8.18. The third-order valence-corrected chi connectivity index (χ3v) is 10.7. The molecule has 0 N–H and O–H groups in total. The minimum absolute atomic E-state index is 0. The summed E-state index contributed by atoms with van der Waals surface area (Å²) >= 11 is 0. The zero-order valence-corrected chi connectivity index (χ0v) is 25.0. The molecule has 0 bridgehead atoms. The SMILES string of the molecule is O=S(=O)([O-])c1cc(C2CCCCC2)c(C2CCCCC2)c(C2CCCCC2)c1C1CCCCC1.[Na+]. The molecular formula is C30H45NaO3S. The van der Waals surface area contributed by atoms with E-state index in [0.717, 1.165) is 44.1 Å². The second-order valence-electron chi connectivity index (χ2n) is 12.0. The Labute approximate surface area is 236 Å².